The maximum absolute atomic E-state index is 11.5. The second-order valence-electron chi connectivity index (χ2n) is 4.13. The first-order valence-corrected chi connectivity index (χ1v) is 4.51. The molecule has 1 atom stereocenters. The van der Waals surface area contributed by atoms with Crippen LogP contribution < -0.4 is 0 Å². The maximum atomic E-state index is 11.5. The van der Waals surface area contributed by atoms with Crippen molar-refractivity contribution in [2.24, 2.45) is 0 Å². The van der Waals surface area contributed by atoms with Gasteiger partial charge in [0.25, 0.3) is 0 Å². The molecule has 0 bridgehead atoms. The zero-order chi connectivity index (χ0) is 11.6. The summed E-state index contributed by atoms with van der Waals surface area (Å²) in [4.78, 5) is 23.5. The van der Waals surface area contributed by atoms with E-state index in [1.807, 2.05) is 0 Å². The van der Waals surface area contributed by atoms with Crippen LogP contribution in [0.25, 0.3) is 0 Å². The summed E-state index contributed by atoms with van der Waals surface area (Å²) in [5, 5.41) is 0. The third kappa shape index (κ3) is 2.88. The van der Waals surface area contributed by atoms with Gasteiger partial charge in [0.05, 0.1) is 6.54 Å². The smallest absolute Gasteiger partial charge is 0.420 e. The first-order chi connectivity index (χ1) is 6.83. The van der Waals surface area contributed by atoms with E-state index < -0.39 is 23.9 Å². The maximum Gasteiger partial charge on any atom is 0.420 e. The summed E-state index contributed by atoms with van der Waals surface area (Å²) in [6.07, 6.45) is 2.92. The average molecular weight is 211 g/mol. The van der Waals surface area contributed by atoms with E-state index in [9.17, 15) is 9.59 Å². The first-order valence-electron chi connectivity index (χ1n) is 4.51. The molecule has 0 saturated carbocycles. The number of hydrogen-bond donors (Lipinski definition) is 0. The molecule has 5 heteroatoms. The van der Waals surface area contributed by atoms with Gasteiger partial charge in [-0.2, -0.15) is 0 Å². The van der Waals surface area contributed by atoms with Crippen molar-refractivity contribution in [3.8, 4) is 12.3 Å². The third-order valence-electron chi connectivity index (χ3n) is 1.61. The molecule has 2 amide bonds. The zero-order valence-corrected chi connectivity index (χ0v) is 8.94. The molecule has 0 aromatic heterocycles. The molecule has 0 spiro atoms. The highest BCUT2D eigenvalue weighted by Gasteiger charge is 2.37. The molecule has 15 heavy (non-hydrogen) atoms. The lowest BCUT2D eigenvalue weighted by atomic mass is 10.2. The number of cyclic esters (lactones) is 1. The quantitative estimate of drug-likeness (QED) is 0.568. The number of amides is 2. The van der Waals surface area contributed by atoms with E-state index in [1.165, 1.54) is 0 Å². The normalized spacial score (nSPS) is 20.8. The molecule has 1 heterocycles. The highest BCUT2D eigenvalue weighted by molar-refractivity contribution is 5.89. The average Bonchev–Trinajstić information content (AvgIpc) is 2.43. The number of imide groups is 1. The third-order valence-corrected chi connectivity index (χ3v) is 1.61. The van der Waals surface area contributed by atoms with Crippen molar-refractivity contribution in [1.82, 2.24) is 4.90 Å². The molecule has 0 aromatic carbocycles. The van der Waals surface area contributed by atoms with E-state index in [0.717, 1.165) is 4.90 Å². The lowest BCUT2D eigenvalue weighted by Crippen LogP contribution is -2.37. The van der Waals surface area contributed by atoms with Gasteiger partial charge in [0, 0.05) is 0 Å². The summed E-state index contributed by atoms with van der Waals surface area (Å²) in [5.74, 6) is 2.25. The molecule has 0 radical (unpaired) electrons. The van der Waals surface area contributed by atoms with E-state index in [0.29, 0.717) is 0 Å². The van der Waals surface area contributed by atoms with Crippen LogP contribution in [-0.2, 0) is 9.47 Å². The SMILES string of the molecule is C#CC1CN(C(=O)OC(C)(C)C)C(=O)O1. The van der Waals surface area contributed by atoms with E-state index in [2.05, 4.69) is 5.92 Å². The van der Waals surface area contributed by atoms with Gasteiger partial charge in [-0.25, -0.2) is 14.5 Å². The lowest BCUT2D eigenvalue weighted by Gasteiger charge is -2.21. The van der Waals surface area contributed by atoms with Crippen LogP contribution in [0, 0.1) is 12.3 Å². The van der Waals surface area contributed by atoms with Crippen molar-refractivity contribution in [1.29, 1.82) is 0 Å². The number of carbonyl (C=O) groups excluding carboxylic acids is 2. The Kier molecular flexibility index (Phi) is 2.89. The standard InChI is InChI=1S/C10H13NO4/c1-5-7-6-11(8(12)14-7)9(13)15-10(2,3)4/h1,7H,6H2,2-4H3. The van der Waals surface area contributed by atoms with Gasteiger partial charge in [-0.3, -0.25) is 0 Å². The topological polar surface area (TPSA) is 55.8 Å². The van der Waals surface area contributed by atoms with Gasteiger partial charge in [0.2, 0.25) is 0 Å². The van der Waals surface area contributed by atoms with Crippen molar-refractivity contribution in [3.63, 3.8) is 0 Å². The van der Waals surface area contributed by atoms with Crippen LogP contribution in [0.15, 0.2) is 0 Å². The number of hydrogen-bond acceptors (Lipinski definition) is 4. The Balaban J connectivity index is 2.63. The molecule has 5 nitrogen and oxygen atoms in total. The van der Waals surface area contributed by atoms with Crippen LogP contribution in [0.4, 0.5) is 9.59 Å². The Morgan fingerprint density at radius 3 is 2.67 bits per heavy atom. The second-order valence-corrected chi connectivity index (χ2v) is 4.13. The molecule has 0 N–H and O–H groups in total. The highest BCUT2D eigenvalue weighted by atomic mass is 16.6. The number of nitrogens with zero attached hydrogens (tertiary/aromatic N) is 1. The van der Waals surface area contributed by atoms with Crippen LogP contribution in [0.3, 0.4) is 0 Å². The van der Waals surface area contributed by atoms with Crippen molar-refractivity contribution < 1.29 is 19.1 Å². The predicted octanol–water partition coefficient (Wildman–Crippen LogP) is 1.38. The van der Waals surface area contributed by atoms with Crippen molar-refractivity contribution >= 4 is 12.2 Å². The minimum Gasteiger partial charge on any atom is -0.443 e. The fourth-order valence-electron chi connectivity index (χ4n) is 1.02. The molecule has 0 aliphatic carbocycles. The number of rotatable bonds is 0. The van der Waals surface area contributed by atoms with Crippen molar-refractivity contribution in [2.75, 3.05) is 6.54 Å². The summed E-state index contributed by atoms with van der Waals surface area (Å²) >= 11 is 0. The Bertz CT molecular complexity index is 323. The molecule has 1 fully saturated rings. The van der Waals surface area contributed by atoms with Crippen LogP contribution in [0.5, 0.6) is 0 Å². The molecule has 1 aliphatic heterocycles. The summed E-state index contributed by atoms with van der Waals surface area (Å²) in [6.45, 7) is 5.19. The highest BCUT2D eigenvalue weighted by Crippen LogP contribution is 2.15. The lowest BCUT2D eigenvalue weighted by molar-refractivity contribution is 0.0339. The van der Waals surface area contributed by atoms with Crippen LogP contribution >= 0.6 is 0 Å². The number of terminal acetylenes is 1. The molecule has 1 rings (SSSR count). The molecular formula is C10H13NO4. The predicted molar refractivity (Wildman–Crippen MR) is 52.0 cm³/mol. The van der Waals surface area contributed by atoms with E-state index in [1.54, 1.807) is 20.8 Å². The van der Waals surface area contributed by atoms with E-state index in [-0.39, 0.29) is 6.54 Å². The van der Waals surface area contributed by atoms with Gasteiger partial charge in [0.1, 0.15) is 5.60 Å². The molecule has 1 aliphatic rings. The Hall–Kier alpha value is -1.70. The van der Waals surface area contributed by atoms with Crippen LogP contribution in [0.2, 0.25) is 0 Å². The Labute approximate surface area is 88.3 Å². The van der Waals surface area contributed by atoms with Gasteiger partial charge in [-0.15, -0.1) is 6.42 Å². The van der Waals surface area contributed by atoms with Crippen LogP contribution in [0.1, 0.15) is 20.8 Å². The van der Waals surface area contributed by atoms with Gasteiger partial charge in [-0.05, 0) is 20.8 Å². The summed E-state index contributed by atoms with van der Waals surface area (Å²) in [5.41, 5.74) is -0.647. The molecular weight excluding hydrogens is 198 g/mol. The van der Waals surface area contributed by atoms with Crippen LogP contribution in [-0.4, -0.2) is 35.3 Å². The van der Waals surface area contributed by atoms with Gasteiger partial charge in [0.15, 0.2) is 6.10 Å². The molecule has 1 unspecified atom stereocenters. The summed E-state index contributed by atoms with van der Waals surface area (Å²) in [7, 11) is 0. The second kappa shape index (κ2) is 3.81. The Morgan fingerprint density at radius 1 is 1.67 bits per heavy atom. The Morgan fingerprint density at radius 2 is 2.27 bits per heavy atom. The van der Waals surface area contributed by atoms with Gasteiger partial charge in [-0.1, -0.05) is 5.92 Å². The summed E-state index contributed by atoms with van der Waals surface area (Å²) in [6, 6.07) is 0. The first kappa shape index (κ1) is 11.4. The molecule has 0 aromatic rings. The molecule has 1 saturated heterocycles. The minimum atomic E-state index is -0.757. The van der Waals surface area contributed by atoms with Gasteiger partial charge >= 0.3 is 12.2 Å². The minimum absolute atomic E-state index is 0.0459. The monoisotopic (exact) mass is 211 g/mol. The van der Waals surface area contributed by atoms with Gasteiger partial charge < -0.3 is 9.47 Å². The van der Waals surface area contributed by atoms with E-state index in [4.69, 9.17) is 15.9 Å². The fourth-order valence-corrected chi connectivity index (χ4v) is 1.02. The number of ether oxygens (including phenoxy) is 2. The molecule has 82 valence electrons. The number of carbonyl (C=O) groups is 2. The zero-order valence-electron chi connectivity index (χ0n) is 8.94. The van der Waals surface area contributed by atoms with Crippen molar-refractivity contribution in [3.05, 3.63) is 0 Å². The van der Waals surface area contributed by atoms with Crippen molar-refractivity contribution in [2.45, 2.75) is 32.5 Å². The largest absolute Gasteiger partial charge is 0.443 e. The fraction of sp³-hybridized carbons (Fsp3) is 0.600. The summed E-state index contributed by atoms with van der Waals surface area (Å²) < 4.78 is 9.71. The van der Waals surface area contributed by atoms with E-state index >= 15 is 0 Å².